The van der Waals surface area contributed by atoms with E-state index in [4.69, 9.17) is 18.0 Å². The third kappa shape index (κ3) is 3.91. The summed E-state index contributed by atoms with van der Waals surface area (Å²) in [4.78, 5) is 3.94. The molecule has 0 spiro atoms. The monoisotopic (exact) mass is 222 g/mol. The highest BCUT2D eigenvalue weighted by Gasteiger charge is 2.05. The van der Waals surface area contributed by atoms with Gasteiger partial charge in [-0.25, -0.2) is 0 Å². The fourth-order valence-electron chi connectivity index (χ4n) is 1.30. The summed E-state index contributed by atoms with van der Waals surface area (Å²) in [7, 11) is 0. The van der Waals surface area contributed by atoms with Crippen molar-refractivity contribution in [1.82, 2.24) is 10.3 Å². The summed E-state index contributed by atoms with van der Waals surface area (Å²) in [5, 5.41) is 4.07. The van der Waals surface area contributed by atoms with Crippen molar-refractivity contribution >= 4 is 11.6 Å². The van der Waals surface area contributed by atoms with Gasteiger partial charge in [0.1, 0.15) is 0 Å². The molecular formula is C12H15ClN2. The van der Waals surface area contributed by atoms with Crippen LogP contribution in [0.15, 0.2) is 18.5 Å². The van der Waals surface area contributed by atoms with E-state index < -0.39 is 0 Å². The zero-order valence-corrected chi connectivity index (χ0v) is 9.59. The Hall–Kier alpha value is -1.04. The van der Waals surface area contributed by atoms with Crippen LogP contribution < -0.4 is 5.32 Å². The van der Waals surface area contributed by atoms with Crippen LogP contribution in [0.4, 0.5) is 0 Å². The number of nitrogens with zero attached hydrogens (tertiary/aromatic N) is 1. The van der Waals surface area contributed by atoms with Crippen LogP contribution in [0.1, 0.15) is 25.3 Å². The Kier molecular flexibility index (Phi) is 5.17. The summed E-state index contributed by atoms with van der Waals surface area (Å²) < 4.78 is 0. The fraction of sp³-hybridized carbons (Fsp3) is 0.417. The maximum Gasteiger partial charge on any atom is 0.0634 e. The van der Waals surface area contributed by atoms with Crippen molar-refractivity contribution < 1.29 is 0 Å². The molecule has 1 unspecified atom stereocenters. The lowest BCUT2D eigenvalue weighted by atomic mass is 10.1. The minimum absolute atomic E-state index is 0.360. The van der Waals surface area contributed by atoms with Crippen molar-refractivity contribution in [1.29, 1.82) is 0 Å². The number of pyridine rings is 1. The highest BCUT2D eigenvalue weighted by molar-refractivity contribution is 6.31. The van der Waals surface area contributed by atoms with E-state index in [9.17, 15) is 0 Å². The van der Waals surface area contributed by atoms with E-state index in [1.54, 1.807) is 12.4 Å². The van der Waals surface area contributed by atoms with E-state index in [2.05, 4.69) is 23.1 Å². The van der Waals surface area contributed by atoms with Gasteiger partial charge in [0.15, 0.2) is 0 Å². The normalized spacial score (nSPS) is 12.1. The molecule has 0 bridgehead atoms. The molecule has 3 heteroatoms. The van der Waals surface area contributed by atoms with E-state index in [-0.39, 0.29) is 0 Å². The molecule has 0 aliphatic carbocycles. The number of nitrogens with one attached hydrogen (secondary N) is 1. The van der Waals surface area contributed by atoms with Crippen LogP contribution in [0.5, 0.6) is 0 Å². The molecule has 0 saturated heterocycles. The van der Waals surface area contributed by atoms with Gasteiger partial charge in [0.25, 0.3) is 0 Å². The predicted octanol–water partition coefficient (Wildman–Crippen LogP) is 2.63. The van der Waals surface area contributed by atoms with E-state index in [0.717, 1.165) is 24.9 Å². The molecule has 0 aliphatic rings. The zero-order valence-electron chi connectivity index (χ0n) is 8.83. The predicted molar refractivity (Wildman–Crippen MR) is 63.6 cm³/mol. The molecule has 0 aliphatic heterocycles. The Bertz CT molecular complexity index is 344. The summed E-state index contributed by atoms with van der Waals surface area (Å²) in [5.74, 6) is 2.66. The maximum absolute atomic E-state index is 5.99. The number of terminal acetylenes is 1. The second-order valence-electron chi connectivity index (χ2n) is 3.36. The van der Waals surface area contributed by atoms with Gasteiger partial charge >= 0.3 is 0 Å². The van der Waals surface area contributed by atoms with Gasteiger partial charge in [-0.3, -0.25) is 4.98 Å². The van der Waals surface area contributed by atoms with E-state index in [1.807, 2.05) is 6.07 Å². The van der Waals surface area contributed by atoms with Crippen LogP contribution in [-0.2, 0) is 6.54 Å². The second kappa shape index (κ2) is 6.44. The average Bonchev–Trinajstić information content (AvgIpc) is 2.26. The zero-order chi connectivity index (χ0) is 11.1. The average molecular weight is 223 g/mol. The van der Waals surface area contributed by atoms with Crippen LogP contribution in [0.2, 0.25) is 5.02 Å². The largest absolute Gasteiger partial charge is 0.309 e. The molecule has 0 saturated carbocycles. The molecule has 1 heterocycles. The lowest BCUT2D eigenvalue weighted by Gasteiger charge is -2.14. The molecule has 2 nitrogen and oxygen atoms in total. The first kappa shape index (κ1) is 12.0. The first-order valence-electron chi connectivity index (χ1n) is 5.03. The van der Waals surface area contributed by atoms with Crippen molar-refractivity contribution in [2.24, 2.45) is 0 Å². The summed E-state index contributed by atoms with van der Waals surface area (Å²) in [6.45, 7) is 2.85. The first-order chi connectivity index (χ1) is 7.27. The third-order valence-electron chi connectivity index (χ3n) is 2.29. The van der Waals surface area contributed by atoms with E-state index in [0.29, 0.717) is 11.1 Å². The van der Waals surface area contributed by atoms with Crippen LogP contribution in [0, 0.1) is 12.3 Å². The number of rotatable bonds is 5. The minimum atomic E-state index is 0.360. The molecule has 1 aromatic rings. The molecule has 0 amide bonds. The van der Waals surface area contributed by atoms with Crippen LogP contribution in [-0.4, -0.2) is 11.0 Å². The van der Waals surface area contributed by atoms with Gasteiger partial charge in [-0.1, -0.05) is 18.5 Å². The smallest absolute Gasteiger partial charge is 0.0634 e. The number of halogens is 1. The van der Waals surface area contributed by atoms with Crippen molar-refractivity contribution in [2.45, 2.75) is 32.4 Å². The first-order valence-corrected chi connectivity index (χ1v) is 5.41. The van der Waals surface area contributed by atoms with Crippen molar-refractivity contribution in [3.63, 3.8) is 0 Å². The van der Waals surface area contributed by atoms with Gasteiger partial charge < -0.3 is 5.32 Å². The lowest BCUT2D eigenvalue weighted by molar-refractivity contribution is 0.506. The molecule has 1 rings (SSSR count). The number of hydrogen-bond donors (Lipinski definition) is 1. The SMILES string of the molecule is C#CCC(CC)NCc1ccncc1Cl. The second-order valence-corrected chi connectivity index (χ2v) is 3.77. The Morgan fingerprint density at radius 1 is 1.67 bits per heavy atom. The molecular weight excluding hydrogens is 208 g/mol. The van der Waals surface area contributed by atoms with E-state index in [1.165, 1.54) is 0 Å². The van der Waals surface area contributed by atoms with Crippen LogP contribution in [0.3, 0.4) is 0 Å². The lowest BCUT2D eigenvalue weighted by Crippen LogP contribution is -2.27. The molecule has 1 aromatic heterocycles. The minimum Gasteiger partial charge on any atom is -0.309 e. The van der Waals surface area contributed by atoms with Gasteiger partial charge in [0.05, 0.1) is 5.02 Å². The van der Waals surface area contributed by atoms with Gasteiger partial charge in [-0.05, 0) is 18.1 Å². The number of hydrogen-bond acceptors (Lipinski definition) is 2. The van der Waals surface area contributed by atoms with Crippen LogP contribution >= 0.6 is 11.6 Å². The third-order valence-corrected chi connectivity index (χ3v) is 2.63. The Balaban J connectivity index is 2.49. The summed E-state index contributed by atoms with van der Waals surface area (Å²) in [6.07, 6.45) is 10.4. The fourth-order valence-corrected chi connectivity index (χ4v) is 1.49. The Labute approximate surface area is 96.1 Å². The molecule has 1 N–H and O–H groups in total. The Morgan fingerprint density at radius 2 is 2.47 bits per heavy atom. The standard InChI is InChI=1S/C12H15ClN2/c1-3-5-11(4-2)15-8-10-6-7-14-9-12(10)13/h1,6-7,9,11,15H,4-5,8H2,2H3. The number of aromatic nitrogens is 1. The van der Waals surface area contributed by atoms with Crippen molar-refractivity contribution in [3.8, 4) is 12.3 Å². The van der Waals surface area contributed by atoms with Gasteiger partial charge in [-0.2, -0.15) is 0 Å². The highest BCUT2D eigenvalue weighted by atomic mass is 35.5. The molecule has 0 fully saturated rings. The van der Waals surface area contributed by atoms with Gasteiger partial charge in [-0.15, -0.1) is 12.3 Å². The molecule has 0 radical (unpaired) electrons. The summed E-state index contributed by atoms with van der Waals surface area (Å²) in [5.41, 5.74) is 1.06. The molecule has 0 aromatic carbocycles. The topological polar surface area (TPSA) is 24.9 Å². The quantitative estimate of drug-likeness (QED) is 0.775. The van der Waals surface area contributed by atoms with Gasteiger partial charge in [0.2, 0.25) is 0 Å². The summed E-state index contributed by atoms with van der Waals surface area (Å²) in [6, 6.07) is 2.28. The maximum atomic E-state index is 5.99. The van der Waals surface area contributed by atoms with Crippen molar-refractivity contribution in [2.75, 3.05) is 0 Å². The van der Waals surface area contributed by atoms with Gasteiger partial charge in [0, 0.05) is 31.4 Å². The van der Waals surface area contributed by atoms with E-state index >= 15 is 0 Å². The molecule has 1 atom stereocenters. The molecule has 80 valence electrons. The highest BCUT2D eigenvalue weighted by Crippen LogP contribution is 2.13. The molecule has 15 heavy (non-hydrogen) atoms. The van der Waals surface area contributed by atoms with Crippen LogP contribution in [0.25, 0.3) is 0 Å². The van der Waals surface area contributed by atoms with Crippen molar-refractivity contribution in [3.05, 3.63) is 29.0 Å². The summed E-state index contributed by atoms with van der Waals surface area (Å²) >= 11 is 5.99. The Morgan fingerprint density at radius 3 is 3.07 bits per heavy atom.